The van der Waals surface area contributed by atoms with Crippen molar-refractivity contribution in [3.63, 3.8) is 0 Å². The molecule has 2 fully saturated rings. The molecule has 0 aliphatic carbocycles. The predicted molar refractivity (Wildman–Crippen MR) is 122 cm³/mol. The van der Waals surface area contributed by atoms with Gasteiger partial charge in [-0.2, -0.15) is 0 Å². The van der Waals surface area contributed by atoms with Crippen LogP contribution in [-0.2, 0) is 21.6 Å². The minimum atomic E-state index is -0.348. The number of carbonyl (C=O) groups is 1. The molecule has 0 radical (unpaired) electrons. The number of nitrogens with one attached hydrogen (secondary N) is 1. The topological polar surface area (TPSA) is 60.0 Å². The molecule has 2 aromatic rings. The second-order valence-electron chi connectivity index (χ2n) is 9.04. The molecule has 1 N–H and O–H groups in total. The molecular weight excluding hydrogens is 404 g/mol. The zero-order valence-corrected chi connectivity index (χ0v) is 18.9. The summed E-state index contributed by atoms with van der Waals surface area (Å²) in [5.74, 6) is 1.72. The third kappa shape index (κ3) is 3.76. The summed E-state index contributed by atoms with van der Waals surface area (Å²) in [6.07, 6.45) is 4.35. The maximum absolute atomic E-state index is 13.3. The van der Waals surface area contributed by atoms with Gasteiger partial charge in [-0.3, -0.25) is 10.1 Å². The largest absolute Gasteiger partial charge is 0.493 e. The second-order valence-corrected chi connectivity index (χ2v) is 9.04. The molecule has 6 nitrogen and oxygen atoms in total. The highest BCUT2D eigenvalue weighted by Gasteiger charge is 2.43. The molecule has 170 valence electrons. The molecule has 2 saturated heterocycles. The molecule has 2 aromatic carbocycles. The molecule has 6 heteroatoms. The lowest BCUT2D eigenvalue weighted by Crippen LogP contribution is -2.52. The van der Waals surface area contributed by atoms with Crippen LogP contribution in [0.1, 0.15) is 48.4 Å². The van der Waals surface area contributed by atoms with E-state index in [2.05, 4.69) is 41.7 Å². The summed E-state index contributed by atoms with van der Waals surface area (Å²) in [6, 6.07) is 14.7. The molecule has 1 spiro atoms. The number of methoxy groups -OCH3 is 2. The lowest BCUT2D eigenvalue weighted by Gasteiger charge is -2.45. The van der Waals surface area contributed by atoms with Gasteiger partial charge >= 0.3 is 0 Å². The number of nitrogens with zero attached hydrogens (tertiary/aromatic N) is 1. The van der Waals surface area contributed by atoms with Gasteiger partial charge in [0.2, 0.25) is 5.91 Å². The Balaban J connectivity index is 1.27. The first-order valence-electron chi connectivity index (χ1n) is 11.6. The zero-order chi connectivity index (χ0) is 22.1. The Morgan fingerprint density at radius 3 is 2.50 bits per heavy atom. The van der Waals surface area contributed by atoms with E-state index in [1.54, 1.807) is 14.2 Å². The molecule has 1 amide bonds. The van der Waals surface area contributed by atoms with Crippen LogP contribution >= 0.6 is 0 Å². The van der Waals surface area contributed by atoms with E-state index in [0.717, 1.165) is 43.6 Å². The Hall–Kier alpha value is -2.57. The van der Waals surface area contributed by atoms with Crippen molar-refractivity contribution in [1.29, 1.82) is 0 Å². The Labute approximate surface area is 189 Å². The fourth-order valence-corrected chi connectivity index (χ4v) is 5.59. The van der Waals surface area contributed by atoms with E-state index in [-0.39, 0.29) is 23.6 Å². The normalized spacial score (nSPS) is 24.2. The average molecular weight is 437 g/mol. The molecule has 2 atom stereocenters. The molecule has 0 aromatic heterocycles. The van der Waals surface area contributed by atoms with Crippen LogP contribution < -0.4 is 14.8 Å². The van der Waals surface area contributed by atoms with Crippen LogP contribution in [0.25, 0.3) is 0 Å². The van der Waals surface area contributed by atoms with E-state index in [1.165, 1.54) is 16.7 Å². The number of carbonyl (C=O) groups excluding carboxylic acids is 1. The summed E-state index contributed by atoms with van der Waals surface area (Å²) in [4.78, 5) is 15.3. The van der Waals surface area contributed by atoms with Crippen LogP contribution in [-0.4, -0.2) is 50.8 Å². The van der Waals surface area contributed by atoms with Gasteiger partial charge in [-0.1, -0.05) is 30.3 Å². The summed E-state index contributed by atoms with van der Waals surface area (Å²) in [5.41, 5.74) is 3.37. The maximum Gasteiger partial charge on any atom is 0.239 e. The first-order chi connectivity index (χ1) is 15.6. The number of ether oxygens (including phenoxy) is 3. The number of rotatable bonds is 4. The highest BCUT2D eigenvalue weighted by Crippen LogP contribution is 2.45. The lowest BCUT2D eigenvalue weighted by atomic mass is 9.79. The number of benzene rings is 2. The molecule has 3 heterocycles. The number of piperidine rings is 1. The summed E-state index contributed by atoms with van der Waals surface area (Å²) < 4.78 is 17.4. The molecule has 3 aliphatic heterocycles. The van der Waals surface area contributed by atoms with Gasteiger partial charge in [-0.25, -0.2) is 0 Å². The minimum absolute atomic E-state index is 0.0989. The first-order valence-corrected chi connectivity index (χ1v) is 11.6. The van der Waals surface area contributed by atoms with Gasteiger partial charge in [0.05, 0.1) is 32.5 Å². The van der Waals surface area contributed by atoms with Crippen molar-refractivity contribution in [3.8, 4) is 11.5 Å². The van der Waals surface area contributed by atoms with E-state index >= 15 is 0 Å². The van der Waals surface area contributed by atoms with Gasteiger partial charge in [0.15, 0.2) is 11.5 Å². The summed E-state index contributed by atoms with van der Waals surface area (Å²) in [6.45, 7) is 2.11. The molecule has 0 bridgehead atoms. The fourth-order valence-electron chi connectivity index (χ4n) is 5.59. The van der Waals surface area contributed by atoms with E-state index in [9.17, 15) is 4.79 Å². The Bertz CT molecular complexity index is 969. The van der Waals surface area contributed by atoms with Crippen molar-refractivity contribution in [1.82, 2.24) is 10.2 Å². The number of amides is 1. The average Bonchev–Trinajstić information content (AvgIpc) is 3.34. The zero-order valence-electron chi connectivity index (χ0n) is 18.9. The van der Waals surface area contributed by atoms with Crippen molar-refractivity contribution in [2.45, 2.75) is 49.8 Å². The number of hydrogen-bond donors (Lipinski definition) is 1. The van der Waals surface area contributed by atoms with Crippen molar-refractivity contribution in [2.24, 2.45) is 0 Å². The van der Waals surface area contributed by atoms with Gasteiger partial charge in [-0.15, -0.1) is 0 Å². The molecule has 5 rings (SSSR count). The molecule has 0 unspecified atom stereocenters. The van der Waals surface area contributed by atoms with Gasteiger partial charge in [-0.05, 0) is 60.9 Å². The van der Waals surface area contributed by atoms with Crippen molar-refractivity contribution in [2.75, 3.05) is 33.9 Å². The predicted octanol–water partition coefficient (Wildman–Crippen LogP) is 3.59. The fraction of sp³-hybridized carbons (Fsp3) is 0.500. The Morgan fingerprint density at radius 2 is 1.78 bits per heavy atom. The third-order valence-corrected chi connectivity index (χ3v) is 7.38. The molecular formula is C26H32N2O4. The van der Waals surface area contributed by atoms with Gasteiger partial charge in [0.25, 0.3) is 0 Å². The van der Waals surface area contributed by atoms with E-state index in [1.807, 2.05) is 11.0 Å². The van der Waals surface area contributed by atoms with Crippen LogP contribution in [0.3, 0.4) is 0 Å². The van der Waals surface area contributed by atoms with E-state index in [0.29, 0.717) is 19.7 Å². The van der Waals surface area contributed by atoms with Crippen molar-refractivity contribution in [3.05, 3.63) is 59.2 Å². The van der Waals surface area contributed by atoms with Crippen LogP contribution in [0, 0.1) is 0 Å². The van der Waals surface area contributed by atoms with Crippen LogP contribution in [0.2, 0.25) is 0 Å². The maximum atomic E-state index is 13.3. The summed E-state index contributed by atoms with van der Waals surface area (Å²) >= 11 is 0. The van der Waals surface area contributed by atoms with E-state index < -0.39 is 0 Å². The smallest absolute Gasteiger partial charge is 0.239 e. The van der Waals surface area contributed by atoms with Crippen molar-refractivity contribution < 1.29 is 19.0 Å². The third-order valence-electron chi connectivity index (χ3n) is 7.38. The lowest BCUT2D eigenvalue weighted by molar-refractivity contribution is -0.142. The second kappa shape index (κ2) is 8.75. The molecule has 0 saturated carbocycles. The number of fused-ring (bicyclic) bond motifs is 2. The van der Waals surface area contributed by atoms with Gasteiger partial charge < -0.3 is 19.1 Å². The van der Waals surface area contributed by atoms with Crippen LogP contribution in [0.15, 0.2) is 42.5 Å². The SMILES string of the molecule is COc1cc2c(cc1OC)C1(CCN(C(=O)[C@H]3CC[C@H](c4ccccc4)N3)CC1)OCC2. The quantitative estimate of drug-likeness (QED) is 0.794. The Morgan fingerprint density at radius 1 is 1.06 bits per heavy atom. The minimum Gasteiger partial charge on any atom is -0.493 e. The number of hydrogen-bond acceptors (Lipinski definition) is 5. The van der Waals surface area contributed by atoms with Crippen LogP contribution in [0.5, 0.6) is 11.5 Å². The van der Waals surface area contributed by atoms with Gasteiger partial charge in [0, 0.05) is 19.1 Å². The van der Waals surface area contributed by atoms with E-state index in [4.69, 9.17) is 14.2 Å². The van der Waals surface area contributed by atoms with Crippen molar-refractivity contribution >= 4 is 5.91 Å². The standard InChI is InChI=1S/C26H32N2O4/c1-30-23-16-19-10-15-32-26(20(19)17-24(23)31-2)11-13-28(14-12-26)25(29)22-9-8-21(27-22)18-6-4-3-5-7-18/h3-7,16-17,21-22,27H,8-15H2,1-2H3/t21-,22-/m1/s1. The summed E-state index contributed by atoms with van der Waals surface area (Å²) in [5, 5.41) is 3.57. The molecule has 3 aliphatic rings. The highest BCUT2D eigenvalue weighted by molar-refractivity contribution is 5.82. The summed E-state index contributed by atoms with van der Waals surface area (Å²) in [7, 11) is 3.34. The van der Waals surface area contributed by atoms with Gasteiger partial charge in [0.1, 0.15) is 0 Å². The highest BCUT2D eigenvalue weighted by atomic mass is 16.5. The monoisotopic (exact) mass is 436 g/mol. The Kier molecular flexibility index (Phi) is 5.82. The first kappa shape index (κ1) is 21.3. The molecule has 32 heavy (non-hydrogen) atoms. The number of likely N-dealkylation sites (tertiary alicyclic amines) is 1. The van der Waals surface area contributed by atoms with Crippen LogP contribution in [0.4, 0.5) is 0 Å².